The molecule has 3 heterocycles. The standard InChI is InChI=1S/C20H22N2O3/c1-4-25-19(24)17-12(2)20(13(3)21-17)11-16(23)22-10-9-14-7-5-6-8-15(14)18(20)22/h5-8,18H,4,9-11H2,1-3H3/t18-,20+/m1/s1. The second-order valence-electron chi connectivity index (χ2n) is 6.98. The maximum absolute atomic E-state index is 12.8. The van der Waals surface area contributed by atoms with Crippen molar-refractivity contribution in [1.82, 2.24) is 4.90 Å². The number of rotatable bonds is 2. The van der Waals surface area contributed by atoms with Gasteiger partial charge in [-0.25, -0.2) is 9.79 Å². The average Bonchev–Trinajstić information content (AvgIpc) is 3.05. The van der Waals surface area contributed by atoms with Crippen LogP contribution in [-0.2, 0) is 20.7 Å². The van der Waals surface area contributed by atoms with Crippen LogP contribution in [0.5, 0.6) is 0 Å². The Morgan fingerprint density at radius 3 is 2.88 bits per heavy atom. The number of hydrogen-bond donors (Lipinski definition) is 0. The van der Waals surface area contributed by atoms with Crippen molar-refractivity contribution >= 4 is 17.6 Å². The van der Waals surface area contributed by atoms with Gasteiger partial charge in [-0.15, -0.1) is 0 Å². The topological polar surface area (TPSA) is 59.0 Å². The Hall–Kier alpha value is -2.43. The summed E-state index contributed by atoms with van der Waals surface area (Å²) < 4.78 is 5.18. The lowest BCUT2D eigenvalue weighted by atomic mass is 9.68. The first-order valence-corrected chi connectivity index (χ1v) is 8.82. The van der Waals surface area contributed by atoms with Gasteiger partial charge in [0, 0.05) is 18.7 Å². The van der Waals surface area contributed by atoms with Gasteiger partial charge < -0.3 is 9.64 Å². The number of fused-ring (bicyclic) bond motifs is 4. The number of carbonyl (C=O) groups is 2. The quantitative estimate of drug-likeness (QED) is 0.779. The zero-order chi connectivity index (χ0) is 17.8. The molecule has 1 saturated heterocycles. The smallest absolute Gasteiger partial charge is 0.356 e. The molecule has 3 aliphatic heterocycles. The summed E-state index contributed by atoms with van der Waals surface area (Å²) in [6.07, 6.45) is 1.24. The predicted molar refractivity (Wildman–Crippen MR) is 94.1 cm³/mol. The molecule has 0 N–H and O–H groups in total. The maximum atomic E-state index is 12.8. The average molecular weight is 338 g/mol. The Kier molecular flexibility index (Phi) is 3.56. The second-order valence-corrected chi connectivity index (χ2v) is 6.98. The third-order valence-electron chi connectivity index (χ3n) is 5.92. The van der Waals surface area contributed by atoms with Crippen LogP contribution < -0.4 is 0 Å². The fourth-order valence-electron chi connectivity index (χ4n) is 4.70. The Labute approximate surface area is 147 Å². The lowest BCUT2D eigenvalue weighted by molar-refractivity contribution is -0.138. The Balaban J connectivity index is 1.89. The number of esters is 1. The van der Waals surface area contributed by atoms with Crippen LogP contribution >= 0.6 is 0 Å². The van der Waals surface area contributed by atoms with E-state index in [9.17, 15) is 9.59 Å². The normalized spacial score (nSPS) is 27.5. The fraction of sp³-hybridized carbons (Fsp3) is 0.450. The van der Waals surface area contributed by atoms with E-state index in [1.54, 1.807) is 6.92 Å². The summed E-state index contributed by atoms with van der Waals surface area (Å²) in [6, 6.07) is 8.22. The number of nitrogens with zero attached hydrogens (tertiary/aromatic N) is 2. The Morgan fingerprint density at radius 1 is 1.36 bits per heavy atom. The Bertz CT molecular complexity index is 839. The molecule has 0 aromatic heterocycles. The van der Waals surface area contributed by atoms with E-state index in [2.05, 4.69) is 17.1 Å². The molecule has 3 aliphatic rings. The van der Waals surface area contributed by atoms with Crippen LogP contribution in [0.2, 0.25) is 0 Å². The summed E-state index contributed by atoms with van der Waals surface area (Å²) in [6.45, 7) is 6.68. The van der Waals surface area contributed by atoms with Gasteiger partial charge in [-0.1, -0.05) is 24.3 Å². The van der Waals surface area contributed by atoms with Crippen LogP contribution in [0.4, 0.5) is 0 Å². The minimum atomic E-state index is -0.532. The minimum Gasteiger partial charge on any atom is -0.461 e. The van der Waals surface area contributed by atoms with Gasteiger partial charge in [0.25, 0.3) is 0 Å². The first-order chi connectivity index (χ1) is 12.0. The van der Waals surface area contributed by atoms with Crippen molar-refractivity contribution in [3.63, 3.8) is 0 Å². The fourth-order valence-corrected chi connectivity index (χ4v) is 4.70. The molecule has 1 aromatic carbocycles. The molecular formula is C20H22N2O3. The number of ether oxygens (including phenoxy) is 1. The zero-order valence-corrected chi connectivity index (χ0v) is 14.8. The number of hydrogen-bond acceptors (Lipinski definition) is 4. The lowest BCUT2D eigenvalue weighted by Gasteiger charge is -2.40. The van der Waals surface area contributed by atoms with Crippen LogP contribution in [0.25, 0.3) is 0 Å². The summed E-state index contributed by atoms with van der Waals surface area (Å²) in [5.74, 6) is -0.260. The third kappa shape index (κ3) is 2.04. The van der Waals surface area contributed by atoms with E-state index in [0.717, 1.165) is 24.3 Å². The van der Waals surface area contributed by atoms with Crippen molar-refractivity contribution in [2.24, 2.45) is 10.4 Å². The highest BCUT2D eigenvalue weighted by Gasteiger charge is 2.59. The first kappa shape index (κ1) is 16.1. The molecule has 5 heteroatoms. The third-order valence-corrected chi connectivity index (χ3v) is 5.92. The van der Waals surface area contributed by atoms with E-state index in [-0.39, 0.29) is 11.9 Å². The second kappa shape index (κ2) is 5.55. The highest BCUT2D eigenvalue weighted by Crippen LogP contribution is 2.58. The van der Waals surface area contributed by atoms with Crippen LogP contribution in [0, 0.1) is 5.41 Å². The van der Waals surface area contributed by atoms with E-state index in [0.29, 0.717) is 18.7 Å². The molecule has 4 rings (SSSR count). The van der Waals surface area contributed by atoms with E-state index in [1.165, 1.54) is 11.1 Å². The molecule has 0 bridgehead atoms. The summed E-state index contributed by atoms with van der Waals surface area (Å²) >= 11 is 0. The number of aliphatic imine (C=N–C) groups is 1. The van der Waals surface area contributed by atoms with Crippen LogP contribution in [0.3, 0.4) is 0 Å². The summed E-state index contributed by atoms with van der Waals surface area (Å²) in [5, 5.41) is 0. The van der Waals surface area contributed by atoms with Crippen LogP contribution in [0.1, 0.15) is 44.4 Å². The van der Waals surface area contributed by atoms with Crippen molar-refractivity contribution in [1.29, 1.82) is 0 Å². The molecule has 130 valence electrons. The highest BCUT2D eigenvalue weighted by molar-refractivity contribution is 6.07. The SMILES string of the molecule is CCOC(=O)C1=C(C)[C@@]2(CC(=O)N3CCc4ccccc4[C@@H]32)C(C)=N1. The van der Waals surface area contributed by atoms with E-state index >= 15 is 0 Å². The van der Waals surface area contributed by atoms with Gasteiger partial charge in [-0.3, -0.25) is 4.79 Å². The molecular weight excluding hydrogens is 316 g/mol. The van der Waals surface area contributed by atoms with Crippen LogP contribution in [0.15, 0.2) is 40.5 Å². The minimum absolute atomic E-state index is 0.0828. The van der Waals surface area contributed by atoms with E-state index in [1.807, 2.05) is 30.9 Å². The summed E-state index contributed by atoms with van der Waals surface area (Å²) in [4.78, 5) is 31.7. The maximum Gasteiger partial charge on any atom is 0.356 e. The molecule has 0 unspecified atom stereocenters. The number of benzene rings is 1. The molecule has 1 spiro atoms. The first-order valence-electron chi connectivity index (χ1n) is 8.82. The molecule has 0 saturated carbocycles. The van der Waals surface area contributed by atoms with Gasteiger partial charge in [-0.05, 0) is 43.9 Å². The number of carbonyl (C=O) groups excluding carboxylic acids is 2. The zero-order valence-electron chi connectivity index (χ0n) is 14.8. The van der Waals surface area contributed by atoms with Gasteiger partial charge in [0.2, 0.25) is 5.91 Å². The van der Waals surface area contributed by atoms with Crippen molar-refractivity contribution in [3.8, 4) is 0 Å². The largest absolute Gasteiger partial charge is 0.461 e. The highest BCUT2D eigenvalue weighted by atomic mass is 16.5. The van der Waals surface area contributed by atoms with Crippen molar-refractivity contribution < 1.29 is 14.3 Å². The molecule has 1 fully saturated rings. The van der Waals surface area contributed by atoms with E-state index < -0.39 is 11.4 Å². The van der Waals surface area contributed by atoms with E-state index in [4.69, 9.17) is 4.74 Å². The molecule has 25 heavy (non-hydrogen) atoms. The number of amides is 1. The molecule has 1 aromatic rings. The van der Waals surface area contributed by atoms with Gasteiger partial charge in [-0.2, -0.15) is 0 Å². The van der Waals surface area contributed by atoms with Gasteiger partial charge in [0.15, 0.2) is 0 Å². The molecule has 1 amide bonds. The van der Waals surface area contributed by atoms with Crippen LogP contribution in [-0.4, -0.2) is 35.6 Å². The van der Waals surface area contributed by atoms with Gasteiger partial charge in [0.1, 0.15) is 5.70 Å². The lowest BCUT2D eigenvalue weighted by Crippen LogP contribution is -2.41. The molecule has 0 aliphatic carbocycles. The van der Waals surface area contributed by atoms with Gasteiger partial charge in [0.05, 0.1) is 18.1 Å². The van der Waals surface area contributed by atoms with Crippen molar-refractivity contribution in [2.75, 3.05) is 13.2 Å². The summed E-state index contributed by atoms with van der Waals surface area (Å²) in [7, 11) is 0. The predicted octanol–water partition coefficient (Wildman–Crippen LogP) is 2.81. The molecule has 0 radical (unpaired) electrons. The summed E-state index contributed by atoms with van der Waals surface area (Å²) in [5.41, 5.74) is 4.00. The van der Waals surface area contributed by atoms with Crippen molar-refractivity contribution in [2.45, 2.75) is 39.7 Å². The Morgan fingerprint density at radius 2 is 2.12 bits per heavy atom. The van der Waals surface area contributed by atoms with Gasteiger partial charge >= 0.3 is 5.97 Å². The van der Waals surface area contributed by atoms with Crippen molar-refractivity contribution in [3.05, 3.63) is 46.7 Å². The molecule has 2 atom stereocenters. The molecule has 5 nitrogen and oxygen atoms in total. The monoisotopic (exact) mass is 338 g/mol.